The number of nitrogens with zero attached hydrogens (tertiary/aromatic N) is 4. The lowest BCUT2D eigenvalue weighted by atomic mass is 10.3. The number of carbonyl (C=O) groups is 1. The molecule has 2 amide bonds. The highest BCUT2D eigenvalue weighted by Gasteiger charge is 2.12. The Balaban J connectivity index is 1.95. The van der Waals surface area contributed by atoms with Gasteiger partial charge in [0.2, 0.25) is 0 Å². The lowest BCUT2D eigenvalue weighted by Crippen LogP contribution is -2.31. The van der Waals surface area contributed by atoms with Crippen molar-refractivity contribution in [2.45, 2.75) is 13.5 Å². The summed E-state index contributed by atoms with van der Waals surface area (Å²) in [5.74, 6) is 1.18. The molecule has 2 rings (SSSR count). The van der Waals surface area contributed by atoms with E-state index in [2.05, 4.69) is 20.5 Å². The van der Waals surface area contributed by atoms with Crippen molar-refractivity contribution in [3.63, 3.8) is 0 Å². The monoisotopic (exact) mass is 290 g/mol. The molecule has 1 aromatic heterocycles. The van der Waals surface area contributed by atoms with Crippen molar-refractivity contribution in [2.24, 2.45) is 0 Å². The molecule has 0 fully saturated rings. The maximum absolute atomic E-state index is 12.0. The van der Waals surface area contributed by atoms with E-state index in [-0.39, 0.29) is 18.3 Å². The van der Waals surface area contributed by atoms with E-state index in [0.29, 0.717) is 17.3 Å². The number of nitro benzene ring substituents is 1. The first-order valence-electron chi connectivity index (χ1n) is 6.10. The second kappa shape index (κ2) is 5.99. The van der Waals surface area contributed by atoms with Crippen LogP contribution in [0.5, 0.6) is 0 Å². The fourth-order valence-electron chi connectivity index (χ4n) is 1.63. The lowest BCUT2D eigenvalue weighted by molar-refractivity contribution is -0.384. The second-order valence-electron chi connectivity index (χ2n) is 4.43. The number of aromatic nitrogens is 3. The van der Waals surface area contributed by atoms with Crippen molar-refractivity contribution in [1.29, 1.82) is 0 Å². The third-order valence-electron chi connectivity index (χ3n) is 2.70. The Morgan fingerprint density at radius 2 is 2.10 bits per heavy atom. The van der Waals surface area contributed by atoms with Gasteiger partial charge in [-0.3, -0.25) is 15.2 Å². The van der Waals surface area contributed by atoms with Gasteiger partial charge >= 0.3 is 6.03 Å². The summed E-state index contributed by atoms with van der Waals surface area (Å²) >= 11 is 0. The molecule has 2 aromatic rings. The van der Waals surface area contributed by atoms with E-state index >= 15 is 0 Å². The predicted molar refractivity (Wildman–Crippen MR) is 74.7 cm³/mol. The molecule has 0 bridgehead atoms. The second-order valence-corrected chi connectivity index (χ2v) is 4.43. The Bertz CT molecular complexity index is 651. The van der Waals surface area contributed by atoms with E-state index in [4.69, 9.17) is 0 Å². The number of urea groups is 1. The molecule has 1 aromatic carbocycles. The molecular formula is C12H14N6O3. The number of benzene rings is 1. The highest BCUT2D eigenvalue weighted by Crippen LogP contribution is 2.15. The number of H-pyrrole nitrogens is 1. The number of rotatable bonds is 4. The number of nitrogens with one attached hydrogen (secondary N) is 2. The van der Waals surface area contributed by atoms with Gasteiger partial charge in [-0.25, -0.2) is 9.78 Å². The molecule has 1 heterocycles. The van der Waals surface area contributed by atoms with Crippen LogP contribution in [0.25, 0.3) is 0 Å². The van der Waals surface area contributed by atoms with E-state index in [1.807, 2.05) is 0 Å². The van der Waals surface area contributed by atoms with Gasteiger partial charge in [0.1, 0.15) is 5.82 Å². The summed E-state index contributed by atoms with van der Waals surface area (Å²) in [4.78, 5) is 27.5. The number of carbonyl (C=O) groups excluding carboxylic acids is 1. The van der Waals surface area contributed by atoms with Gasteiger partial charge in [0.05, 0.1) is 11.5 Å². The third kappa shape index (κ3) is 3.75. The van der Waals surface area contributed by atoms with Crippen molar-refractivity contribution in [3.05, 3.63) is 46.0 Å². The van der Waals surface area contributed by atoms with Crippen molar-refractivity contribution < 1.29 is 9.72 Å². The molecule has 0 aliphatic rings. The zero-order valence-electron chi connectivity index (χ0n) is 11.5. The number of non-ortho nitro benzene ring substituents is 1. The molecule has 0 atom stereocenters. The minimum absolute atomic E-state index is 0.0300. The quantitative estimate of drug-likeness (QED) is 0.656. The maximum Gasteiger partial charge on any atom is 0.321 e. The van der Waals surface area contributed by atoms with Crippen molar-refractivity contribution in [1.82, 2.24) is 20.1 Å². The van der Waals surface area contributed by atoms with Crippen molar-refractivity contribution >= 4 is 17.4 Å². The topological polar surface area (TPSA) is 117 Å². The predicted octanol–water partition coefficient (Wildman–Crippen LogP) is 1.69. The fraction of sp³-hybridized carbons (Fsp3) is 0.250. The molecule has 0 spiro atoms. The van der Waals surface area contributed by atoms with Crippen LogP contribution in [-0.4, -0.2) is 38.1 Å². The Kier molecular flexibility index (Phi) is 4.12. The van der Waals surface area contributed by atoms with E-state index in [0.717, 1.165) is 0 Å². The summed E-state index contributed by atoms with van der Waals surface area (Å²) in [6.45, 7) is 2.02. The van der Waals surface area contributed by atoms with E-state index < -0.39 is 4.92 Å². The lowest BCUT2D eigenvalue weighted by Gasteiger charge is -2.16. The van der Waals surface area contributed by atoms with Crippen LogP contribution in [0.4, 0.5) is 16.2 Å². The first-order chi connectivity index (χ1) is 9.95. The highest BCUT2D eigenvalue weighted by atomic mass is 16.6. The molecule has 2 N–H and O–H groups in total. The summed E-state index contributed by atoms with van der Waals surface area (Å²) in [6.07, 6.45) is 0. The zero-order valence-corrected chi connectivity index (χ0v) is 11.5. The molecule has 0 radical (unpaired) electrons. The molecule has 21 heavy (non-hydrogen) atoms. The van der Waals surface area contributed by atoms with Crippen LogP contribution >= 0.6 is 0 Å². The van der Waals surface area contributed by atoms with Gasteiger partial charge in [0, 0.05) is 24.9 Å². The molecular weight excluding hydrogens is 276 g/mol. The van der Waals surface area contributed by atoms with Gasteiger partial charge in [-0.2, -0.15) is 5.10 Å². The molecule has 0 unspecified atom stereocenters. The van der Waals surface area contributed by atoms with Gasteiger partial charge in [-0.15, -0.1) is 0 Å². The summed E-state index contributed by atoms with van der Waals surface area (Å²) in [7, 11) is 1.60. The standard InChI is InChI=1S/C12H14N6O3/c1-8-13-11(16-15-8)7-17(2)12(19)14-9-3-5-10(6-4-9)18(20)21/h3-6H,7H2,1-2H3,(H,14,19)(H,13,15,16). The molecule has 110 valence electrons. The minimum Gasteiger partial charge on any atom is -0.320 e. The largest absolute Gasteiger partial charge is 0.321 e. The average Bonchev–Trinajstić information content (AvgIpc) is 2.84. The summed E-state index contributed by atoms with van der Waals surface area (Å²) in [5, 5.41) is 19.8. The number of aromatic amines is 1. The third-order valence-corrected chi connectivity index (χ3v) is 2.70. The van der Waals surface area contributed by atoms with Crippen LogP contribution < -0.4 is 5.32 Å². The van der Waals surface area contributed by atoms with Crippen LogP contribution in [0.1, 0.15) is 11.6 Å². The van der Waals surface area contributed by atoms with Crippen LogP contribution in [0.15, 0.2) is 24.3 Å². The number of hydrogen-bond acceptors (Lipinski definition) is 5. The summed E-state index contributed by atoms with van der Waals surface area (Å²) in [6, 6.07) is 5.25. The number of nitro groups is 1. The number of aryl methyl sites for hydroxylation is 1. The average molecular weight is 290 g/mol. The first kappa shape index (κ1) is 14.4. The summed E-state index contributed by atoms with van der Waals surface area (Å²) in [5.41, 5.74) is 0.446. The summed E-state index contributed by atoms with van der Waals surface area (Å²) < 4.78 is 0. The number of anilines is 1. The number of amides is 2. The smallest absolute Gasteiger partial charge is 0.320 e. The van der Waals surface area contributed by atoms with Gasteiger partial charge in [-0.1, -0.05) is 0 Å². The van der Waals surface area contributed by atoms with Crippen molar-refractivity contribution in [2.75, 3.05) is 12.4 Å². The highest BCUT2D eigenvalue weighted by molar-refractivity contribution is 5.89. The normalized spacial score (nSPS) is 10.2. The minimum atomic E-state index is -0.497. The Labute approximate surface area is 120 Å². The Hall–Kier alpha value is -2.97. The van der Waals surface area contributed by atoms with E-state index in [9.17, 15) is 14.9 Å². The molecule has 9 heteroatoms. The van der Waals surface area contributed by atoms with Gasteiger partial charge in [-0.05, 0) is 19.1 Å². The van der Waals surface area contributed by atoms with Gasteiger partial charge in [0.15, 0.2) is 5.82 Å². The SMILES string of the molecule is Cc1nc(CN(C)C(=O)Nc2ccc([N+](=O)[O-])cc2)n[nH]1. The fourth-order valence-corrected chi connectivity index (χ4v) is 1.63. The Morgan fingerprint density at radius 3 is 2.62 bits per heavy atom. The molecule has 0 saturated carbocycles. The van der Waals surface area contributed by atoms with Crippen LogP contribution in [-0.2, 0) is 6.54 Å². The van der Waals surface area contributed by atoms with E-state index in [1.54, 1.807) is 14.0 Å². The van der Waals surface area contributed by atoms with Gasteiger partial charge < -0.3 is 10.2 Å². The molecule has 9 nitrogen and oxygen atoms in total. The first-order valence-corrected chi connectivity index (χ1v) is 6.10. The number of hydrogen-bond donors (Lipinski definition) is 2. The van der Waals surface area contributed by atoms with Gasteiger partial charge in [0.25, 0.3) is 5.69 Å². The van der Waals surface area contributed by atoms with Crippen LogP contribution in [0.2, 0.25) is 0 Å². The van der Waals surface area contributed by atoms with Crippen molar-refractivity contribution in [3.8, 4) is 0 Å². The van der Waals surface area contributed by atoms with Crippen LogP contribution in [0, 0.1) is 17.0 Å². The molecule has 0 aliphatic carbocycles. The van der Waals surface area contributed by atoms with E-state index in [1.165, 1.54) is 29.2 Å². The zero-order chi connectivity index (χ0) is 15.4. The maximum atomic E-state index is 12.0. The van der Waals surface area contributed by atoms with Crippen LogP contribution in [0.3, 0.4) is 0 Å². The Morgan fingerprint density at radius 1 is 1.43 bits per heavy atom. The molecule has 0 saturated heterocycles. The molecule has 0 aliphatic heterocycles.